The Labute approximate surface area is 188 Å². The fourth-order valence-corrected chi connectivity index (χ4v) is 3.46. The van der Waals surface area contributed by atoms with Gasteiger partial charge in [-0.1, -0.05) is 18.5 Å². The highest BCUT2D eigenvalue weighted by Crippen LogP contribution is 2.24. The third-order valence-corrected chi connectivity index (χ3v) is 4.95. The summed E-state index contributed by atoms with van der Waals surface area (Å²) in [4.78, 5) is 6.71. The third-order valence-electron chi connectivity index (χ3n) is 4.71. The van der Waals surface area contributed by atoms with Crippen LogP contribution in [-0.4, -0.2) is 50.7 Å². The van der Waals surface area contributed by atoms with E-state index >= 15 is 0 Å². The Morgan fingerprint density at radius 1 is 1.32 bits per heavy atom. The minimum Gasteiger partial charge on any atom is -0.434 e. The van der Waals surface area contributed by atoms with Crippen molar-refractivity contribution in [2.45, 2.75) is 39.3 Å². The van der Waals surface area contributed by atoms with Crippen molar-refractivity contribution in [1.82, 2.24) is 15.5 Å². The molecule has 1 aromatic rings. The number of alkyl halides is 2. The highest BCUT2D eigenvalue weighted by Gasteiger charge is 2.18. The van der Waals surface area contributed by atoms with Crippen molar-refractivity contribution in [2.75, 3.05) is 33.2 Å². The smallest absolute Gasteiger partial charge is 0.387 e. The number of benzene rings is 1. The van der Waals surface area contributed by atoms with Crippen molar-refractivity contribution in [3.8, 4) is 5.75 Å². The first kappa shape index (κ1) is 25.2. The lowest BCUT2D eigenvalue weighted by atomic mass is 9.97. The van der Waals surface area contributed by atoms with Crippen molar-refractivity contribution >= 4 is 41.5 Å². The van der Waals surface area contributed by atoms with Gasteiger partial charge in [0.05, 0.1) is 0 Å². The lowest BCUT2D eigenvalue weighted by Gasteiger charge is -2.32. The fraction of sp³-hybridized carbons (Fsp3) is 0.632. The van der Waals surface area contributed by atoms with Gasteiger partial charge in [-0.05, 0) is 63.0 Å². The average molecular weight is 531 g/mol. The van der Waals surface area contributed by atoms with Gasteiger partial charge in [0.15, 0.2) is 5.96 Å². The molecule has 1 aliphatic heterocycles. The first-order valence-electron chi connectivity index (χ1n) is 9.42. The maximum Gasteiger partial charge on any atom is 0.387 e. The predicted molar refractivity (Wildman–Crippen MR) is 121 cm³/mol. The molecule has 1 heterocycles. The minimum absolute atomic E-state index is 0. The molecule has 160 valence electrons. The zero-order chi connectivity index (χ0) is 19.6. The fourth-order valence-electron chi connectivity index (χ4n) is 3.27. The molecule has 28 heavy (non-hydrogen) atoms. The standard InChI is InChI=1S/C19H29ClF2N4O.HI/c1-3-8-26-9-6-14(7-10-26)12-24-19(23-2)25-13-15-11-16(20)4-5-17(15)27-18(21)22;/h4-5,11,14,18H,3,6-10,12-13H2,1-2H3,(H2,23,24,25);1H. The van der Waals surface area contributed by atoms with E-state index in [0.29, 0.717) is 22.5 Å². The molecular weight excluding hydrogens is 501 g/mol. The van der Waals surface area contributed by atoms with E-state index in [4.69, 9.17) is 11.6 Å². The van der Waals surface area contributed by atoms with Crippen LogP contribution in [0.25, 0.3) is 0 Å². The van der Waals surface area contributed by atoms with E-state index in [9.17, 15) is 8.78 Å². The molecule has 0 saturated carbocycles. The molecule has 0 spiro atoms. The Bertz CT molecular complexity index is 614. The van der Waals surface area contributed by atoms with E-state index in [-0.39, 0.29) is 36.3 Å². The molecule has 5 nitrogen and oxygen atoms in total. The number of ether oxygens (including phenoxy) is 1. The van der Waals surface area contributed by atoms with Gasteiger partial charge >= 0.3 is 6.61 Å². The number of hydrogen-bond donors (Lipinski definition) is 2. The number of nitrogens with one attached hydrogen (secondary N) is 2. The van der Waals surface area contributed by atoms with E-state index < -0.39 is 6.61 Å². The van der Waals surface area contributed by atoms with Crippen LogP contribution in [0.3, 0.4) is 0 Å². The summed E-state index contributed by atoms with van der Waals surface area (Å²) in [5.74, 6) is 1.36. The molecule has 1 aromatic carbocycles. The van der Waals surface area contributed by atoms with Crippen LogP contribution in [0.15, 0.2) is 23.2 Å². The van der Waals surface area contributed by atoms with Crippen LogP contribution in [0, 0.1) is 5.92 Å². The van der Waals surface area contributed by atoms with Crippen LogP contribution < -0.4 is 15.4 Å². The SMILES string of the molecule is CCCN1CCC(CNC(=NC)NCc2cc(Cl)ccc2OC(F)F)CC1.I. The van der Waals surface area contributed by atoms with E-state index in [1.165, 1.54) is 37.9 Å². The van der Waals surface area contributed by atoms with Crippen LogP contribution in [0.1, 0.15) is 31.7 Å². The summed E-state index contributed by atoms with van der Waals surface area (Å²) in [5.41, 5.74) is 0.554. The van der Waals surface area contributed by atoms with Gasteiger partial charge < -0.3 is 20.3 Å². The highest BCUT2D eigenvalue weighted by molar-refractivity contribution is 14.0. The molecule has 0 aliphatic carbocycles. The van der Waals surface area contributed by atoms with Gasteiger partial charge in [-0.25, -0.2) is 0 Å². The Balaban J connectivity index is 0.00000392. The summed E-state index contributed by atoms with van der Waals surface area (Å²) < 4.78 is 29.7. The normalized spacial score (nSPS) is 16.0. The second-order valence-electron chi connectivity index (χ2n) is 6.72. The molecule has 2 rings (SSSR count). The predicted octanol–water partition coefficient (Wildman–Crippen LogP) is 4.35. The van der Waals surface area contributed by atoms with Gasteiger partial charge in [0.25, 0.3) is 0 Å². The van der Waals surface area contributed by atoms with Crippen LogP contribution in [0.2, 0.25) is 5.02 Å². The molecule has 9 heteroatoms. The van der Waals surface area contributed by atoms with Crippen molar-refractivity contribution in [2.24, 2.45) is 10.9 Å². The summed E-state index contributed by atoms with van der Waals surface area (Å²) in [6.45, 7) is 3.92. The molecule has 0 amide bonds. The van der Waals surface area contributed by atoms with Gasteiger partial charge in [0.1, 0.15) is 5.75 Å². The number of rotatable bonds is 8. The number of guanidine groups is 1. The topological polar surface area (TPSA) is 48.9 Å². The van der Waals surface area contributed by atoms with Crippen molar-refractivity contribution in [1.29, 1.82) is 0 Å². The molecular formula is C19H30ClF2IN4O. The van der Waals surface area contributed by atoms with Gasteiger partial charge in [-0.15, -0.1) is 24.0 Å². The van der Waals surface area contributed by atoms with Crippen LogP contribution >= 0.6 is 35.6 Å². The molecule has 0 atom stereocenters. The van der Waals surface area contributed by atoms with Crippen molar-refractivity contribution < 1.29 is 13.5 Å². The molecule has 2 N–H and O–H groups in total. The molecule has 0 radical (unpaired) electrons. The van der Waals surface area contributed by atoms with Crippen molar-refractivity contribution in [3.05, 3.63) is 28.8 Å². The third kappa shape index (κ3) is 8.65. The van der Waals surface area contributed by atoms with Gasteiger partial charge in [-0.2, -0.15) is 8.78 Å². The summed E-state index contributed by atoms with van der Waals surface area (Å²) in [7, 11) is 1.69. The lowest BCUT2D eigenvalue weighted by molar-refractivity contribution is -0.0504. The van der Waals surface area contributed by atoms with Gasteiger partial charge in [-0.3, -0.25) is 4.99 Å². The van der Waals surface area contributed by atoms with E-state index in [2.05, 4.69) is 32.2 Å². The summed E-state index contributed by atoms with van der Waals surface area (Å²) in [5, 5.41) is 6.94. The number of hydrogen-bond acceptors (Lipinski definition) is 3. The Morgan fingerprint density at radius 3 is 2.64 bits per heavy atom. The maximum absolute atomic E-state index is 12.6. The average Bonchev–Trinajstić information content (AvgIpc) is 2.65. The summed E-state index contributed by atoms with van der Waals surface area (Å²) in [6.07, 6.45) is 3.54. The van der Waals surface area contributed by atoms with Crippen molar-refractivity contribution in [3.63, 3.8) is 0 Å². The maximum atomic E-state index is 12.6. The molecule has 1 fully saturated rings. The van der Waals surface area contributed by atoms with Gasteiger partial charge in [0.2, 0.25) is 0 Å². The summed E-state index contributed by atoms with van der Waals surface area (Å²) in [6, 6.07) is 4.59. The van der Waals surface area contributed by atoms with Gasteiger partial charge in [0, 0.05) is 30.7 Å². The Morgan fingerprint density at radius 2 is 2.04 bits per heavy atom. The van der Waals surface area contributed by atoms with Crippen LogP contribution in [-0.2, 0) is 6.54 Å². The minimum atomic E-state index is -2.87. The zero-order valence-corrected chi connectivity index (χ0v) is 19.5. The molecule has 1 saturated heterocycles. The lowest BCUT2D eigenvalue weighted by Crippen LogP contribution is -2.42. The van der Waals surface area contributed by atoms with E-state index in [0.717, 1.165) is 19.6 Å². The molecule has 0 unspecified atom stereocenters. The second kappa shape index (κ2) is 13.4. The molecule has 0 bridgehead atoms. The first-order chi connectivity index (χ1) is 13.0. The van der Waals surface area contributed by atoms with Crippen LogP contribution in [0.4, 0.5) is 8.78 Å². The first-order valence-corrected chi connectivity index (χ1v) is 9.79. The summed E-state index contributed by atoms with van der Waals surface area (Å²) >= 11 is 5.98. The zero-order valence-electron chi connectivity index (χ0n) is 16.4. The Hall–Kier alpha value is -0.870. The van der Waals surface area contributed by atoms with E-state index in [1.54, 1.807) is 13.1 Å². The number of nitrogens with zero attached hydrogens (tertiary/aromatic N) is 2. The molecule has 0 aromatic heterocycles. The molecule has 1 aliphatic rings. The second-order valence-corrected chi connectivity index (χ2v) is 7.16. The highest BCUT2D eigenvalue weighted by atomic mass is 127. The number of halogens is 4. The number of likely N-dealkylation sites (tertiary alicyclic amines) is 1. The monoisotopic (exact) mass is 530 g/mol. The number of aliphatic imine (C=N–C) groups is 1. The van der Waals surface area contributed by atoms with Crippen LogP contribution in [0.5, 0.6) is 5.75 Å². The Kier molecular flexibility index (Phi) is 12.0. The quantitative estimate of drug-likeness (QED) is 0.298. The van der Waals surface area contributed by atoms with E-state index in [1.807, 2.05) is 0 Å². The largest absolute Gasteiger partial charge is 0.434 e. The number of piperidine rings is 1.